The summed E-state index contributed by atoms with van der Waals surface area (Å²) in [5.74, 6) is -2.57. The fourth-order valence-corrected chi connectivity index (χ4v) is 0.381. The number of hydrogen-bond donors (Lipinski definition) is 0. The minimum Gasteiger partial charge on any atom is -0.468 e. The summed E-state index contributed by atoms with van der Waals surface area (Å²) in [6, 6.07) is 0. The van der Waals surface area contributed by atoms with Crippen LogP contribution in [-0.4, -0.2) is 26.2 Å². The smallest absolute Gasteiger partial charge is 0.319 e. The Morgan fingerprint density at radius 2 is 1.70 bits per heavy atom. The first-order chi connectivity index (χ1) is 5.17. The molecule has 10 heavy (non-hydrogen) atoms. The highest BCUT2D eigenvalue weighted by atomic mass is 16.5. The van der Waals surface area contributed by atoms with E-state index < -0.39 is 17.9 Å². The maximum Gasteiger partial charge on any atom is 0.319 e. The summed E-state index contributed by atoms with van der Waals surface area (Å²) in [5, 5.41) is 0. The molecule has 0 aliphatic rings. The highest BCUT2D eigenvalue weighted by Gasteiger charge is 2.22. The van der Waals surface area contributed by atoms with Crippen LogP contribution >= 0.6 is 0 Å². The quantitative estimate of drug-likeness (QED) is 0.406. The number of carbonyl (C=O) groups excluding carboxylic acids is 2. The van der Waals surface area contributed by atoms with Crippen molar-refractivity contribution in [3.8, 4) is 0 Å². The lowest BCUT2D eigenvalue weighted by Crippen LogP contribution is -2.23. The van der Waals surface area contributed by atoms with Gasteiger partial charge < -0.3 is 9.47 Å². The monoisotopic (exact) mass is 147 g/mol. The maximum atomic E-state index is 10.7. The van der Waals surface area contributed by atoms with Crippen LogP contribution in [0.25, 0.3) is 0 Å². The van der Waals surface area contributed by atoms with Crippen LogP contribution in [0.4, 0.5) is 0 Å². The number of carbonyl (C=O) groups is 2. The van der Waals surface area contributed by atoms with E-state index in [1.165, 1.54) is 0 Å². The van der Waals surface area contributed by atoms with Crippen molar-refractivity contribution >= 4 is 11.9 Å². The van der Waals surface area contributed by atoms with Crippen molar-refractivity contribution in [2.45, 2.75) is 6.90 Å². The van der Waals surface area contributed by atoms with Gasteiger partial charge in [0.05, 0.1) is 14.2 Å². The molecular weight excluding hydrogens is 136 g/mol. The molecule has 0 aliphatic carbocycles. The van der Waals surface area contributed by atoms with Crippen molar-refractivity contribution in [2.24, 2.45) is 5.92 Å². The predicted octanol–water partition coefficient (Wildman–Crippen LogP) is -0.0315. The van der Waals surface area contributed by atoms with Crippen LogP contribution in [-0.2, 0) is 19.1 Å². The average molecular weight is 147 g/mol. The summed E-state index contributed by atoms with van der Waals surface area (Å²) in [5.41, 5.74) is 0. The Morgan fingerprint density at radius 3 is 1.90 bits per heavy atom. The van der Waals surface area contributed by atoms with Crippen LogP contribution in [0.5, 0.6) is 0 Å². The van der Waals surface area contributed by atoms with Gasteiger partial charge in [0.25, 0.3) is 0 Å². The van der Waals surface area contributed by atoms with Crippen molar-refractivity contribution < 1.29 is 20.4 Å². The van der Waals surface area contributed by atoms with Gasteiger partial charge in [-0.3, -0.25) is 9.59 Å². The van der Waals surface area contributed by atoms with Gasteiger partial charge in [0.1, 0.15) is 0 Å². The van der Waals surface area contributed by atoms with E-state index in [0.29, 0.717) is 0 Å². The van der Waals surface area contributed by atoms with Crippen molar-refractivity contribution in [1.29, 1.82) is 0 Å². The average Bonchev–Trinajstić information content (AvgIpc) is 2.05. The minimum absolute atomic E-state index is 0.348. The lowest BCUT2D eigenvalue weighted by Gasteiger charge is -2.04. The first kappa shape index (κ1) is 7.05. The SMILES string of the molecule is [2H]CC(C(=O)OC)C(=O)OC. The van der Waals surface area contributed by atoms with E-state index in [2.05, 4.69) is 9.47 Å². The Bertz CT molecular complexity index is 141. The van der Waals surface area contributed by atoms with E-state index in [-0.39, 0.29) is 6.90 Å². The minimum atomic E-state index is -1.11. The van der Waals surface area contributed by atoms with Gasteiger partial charge in [0.2, 0.25) is 0 Å². The van der Waals surface area contributed by atoms with Crippen molar-refractivity contribution in [2.75, 3.05) is 14.2 Å². The molecule has 0 saturated heterocycles. The predicted molar refractivity (Wildman–Crippen MR) is 33.2 cm³/mol. The first-order valence-corrected chi connectivity index (χ1v) is 2.62. The van der Waals surface area contributed by atoms with Gasteiger partial charge in [-0.15, -0.1) is 0 Å². The highest BCUT2D eigenvalue weighted by Crippen LogP contribution is 1.98. The maximum absolute atomic E-state index is 10.7. The Balaban J connectivity index is 4.15. The molecule has 0 heterocycles. The molecule has 4 nitrogen and oxygen atoms in total. The molecule has 0 radical (unpaired) electrons. The third-order valence-electron chi connectivity index (χ3n) is 0.971. The Hall–Kier alpha value is -1.06. The van der Waals surface area contributed by atoms with Crippen LogP contribution in [0.2, 0.25) is 0 Å². The fraction of sp³-hybridized carbons (Fsp3) is 0.667. The summed E-state index contributed by atoms with van der Waals surface area (Å²) < 4.78 is 15.4. The number of esters is 2. The Morgan fingerprint density at radius 1 is 1.30 bits per heavy atom. The number of rotatable bonds is 2. The zero-order valence-corrected chi connectivity index (χ0v) is 5.92. The fourth-order valence-electron chi connectivity index (χ4n) is 0.381. The normalized spacial score (nSPS) is 10.5. The molecule has 4 heteroatoms. The zero-order valence-electron chi connectivity index (χ0n) is 6.92. The molecule has 0 rings (SSSR count). The van der Waals surface area contributed by atoms with E-state index in [1.54, 1.807) is 0 Å². The second-order valence-electron chi connectivity index (χ2n) is 1.60. The van der Waals surface area contributed by atoms with Gasteiger partial charge in [0, 0.05) is 1.37 Å². The van der Waals surface area contributed by atoms with Crippen LogP contribution in [0, 0.1) is 5.92 Å². The molecule has 0 atom stereocenters. The van der Waals surface area contributed by atoms with Crippen LogP contribution in [0.15, 0.2) is 0 Å². The Labute approximate surface area is 60.5 Å². The van der Waals surface area contributed by atoms with Crippen LogP contribution < -0.4 is 0 Å². The second-order valence-corrected chi connectivity index (χ2v) is 1.60. The molecule has 0 spiro atoms. The van der Waals surface area contributed by atoms with Gasteiger partial charge >= 0.3 is 11.9 Å². The topological polar surface area (TPSA) is 52.6 Å². The molecule has 0 amide bonds. The summed E-state index contributed by atoms with van der Waals surface area (Å²) >= 11 is 0. The van der Waals surface area contributed by atoms with E-state index in [1.807, 2.05) is 0 Å². The van der Waals surface area contributed by atoms with Gasteiger partial charge in [0.15, 0.2) is 5.92 Å². The van der Waals surface area contributed by atoms with Gasteiger partial charge in [-0.1, -0.05) is 0 Å². The molecule has 0 fully saturated rings. The third-order valence-corrected chi connectivity index (χ3v) is 0.971. The zero-order chi connectivity index (χ0) is 8.85. The largest absolute Gasteiger partial charge is 0.468 e. The second kappa shape index (κ2) is 3.87. The van der Waals surface area contributed by atoms with Crippen molar-refractivity contribution in [3.05, 3.63) is 0 Å². The van der Waals surface area contributed by atoms with Gasteiger partial charge in [-0.25, -0.2) is 0 Å². The Kier molecular flexibility index (Phi) is 2.73. The number of methoxy groups -OCH3 is 2. The standard InChI is InChI=1S/C6H10O4/c1-4(5(7)9-2)6(8)10-3/h4H,1-3H3/i1D. The molecule has 0 aromatic rings. The molecule has 58 valence electrons. The molecule has 0 N–H and O–H groups in total. The lowest BCUT2D eigenvalue weighted by atomic mass is 10.2. The molecule has 0 bridgehead atoms. The molecule has 0 aromatic heterocycles. The summed E-state index contributed by atoms with van der Waals surface area (Å²) in [6.07, 6.45) is 0. The van der Waals surface area contributed by atoms with Crippen LogP contribution in [0.1, 0.15) is 8.27 Å². The van der Waals surface area contributed by atoms with Gasteiger partial charge in [-0.2, -0.15) is 0 Å². The van der Waals surface area contributed by atoms with Crippen molar-refractivity contribution in [1.82, 2.24) is 0 Å². The molecule has 0 aromatic carbocycles. The summed E-state index contributed by atoms with van der Waals surface area (Å²) in [6.45, 7) is -0.348. The molecule has 0 aliphatic heterocycles. The number of ether oxygens (including phenoxy) is 2. The van der Waals surface area contributed by atoms with E-state index in [4.69, 9.17) is 1.37 Å². The molecular formula is C6H10O4. The molecule has 0 saturated carbocycles. The van der Waals surface area contributed by atoms with E-state index in [0.717, 1.165) is 14.2 Å². The summed E-state index contributed by atoms with van der Waals surface area (Å²) in [7, 11) is 2.32. The summed E-state index contributed by atoms with van der Waals surface area (Å²) in [4.78, 5) is 21.4. The van der Waals surface area contributed by atoms with E-state index >= 15 is 0 Å². The number of hydrogen-bond acceptors (Lipinski definition) is 4. The molecule has 0 unspecified atom stereocenters. The lowest BCUT2D eigenvalue weighted by molar-refractivity contribution is -0.157. The highest BCUT2D eigenvalue weighted by molar-refractivity contribution is 5.94. The van der Waals surface area contributed by atoms with Crippen LogP contribution in [0.3, 0.4) is 0 Å². The van der Waals surface area contributed by atoms with Gasteiger partial charge in [-0.05, 0) is 6.90 Å². The third kappa shape index (κ3) is 2.05. The first-order valence-electron chi connectivity index (χ1n) is 3.33. The van der Waals surface area contributed by atoms with E-state index in [9.17, 15) is 9.59 Å². The van der Waals surface area contributed by atoms with Crippen molar-refractivity contribution in [3.63, 3.8) is 0 Å².